The first-order valence-electron chi connectivity index (χ1n) is 13.6. The second kappa shape index (κ2) is 13.1. The first-order valence-corrected chi connectivity index (χ1v) is 13.6. The molecule has 1 unspecified atom stereocenters. The van der Waals surface area contributed by atoms with Gasteiger partial charge in [-0.25, -0.2) is 8.78 Å². The Morgan fingerprint density at radius 3 is 1.94 bits per heavy atom. The molecular formula is C29H46F2O. The molecule has 1 nitrogen and oxygen atoms in total. The highest BCUT2D eigenvalue weighted by Crippen LogP contribution is 2.45. The quantitative estimate of drug-likeness (QED) is 0.306. The van der Waals surface area contributed by atoms with Crippen LogP contribution in [0.15, 0.2) is 12.1 Å². The monoisotopic (exact) mass is 448 g/mol. The van der Waals surface area contributed by atoms with Crippen molar-refractivity contribution < 1.29 is 13.5 Å². The van der Waals surface area contributed by atoms with E-state index in [1.165, 1.54) is 51.4 Å². The van der Waals surface area contributed by atoms with Crippen LogP contribution >= 0.6 is 0 Å². The molecule has 0 radical (unpaired) electrons. The number of rotatable bonds is 11. The number of unbranched alkanes of at least 4 members (excludes halogenated alkanes) is 3. The zero-order valence-corrected chi connectivity index (χ0v) is 20.8. The van der Waals surface area contributed by atoms with E-state index in [0.717, 1.165) is 61.8 Å². The van der Waals surface area contributed by atoms with Crippen LogP contribution in [-0.4, -0.2) is 7.11 Å². The zero-order chi connectivity index (χ0) is 22.9. The Morgan fingerprint density at radius 1 is 0.812 bits per heavy atom. The summed E-state index contributed by atoms with van der Waals surface area (Å²) in [4.78, 5) is 0. The first kappa shape index (κ1) is 25.7. The molecule has 0 N–H and O–H groups in total. The van der Waals surface area contributed by atoms with Crippen LogP contribution in [0.1, 0.15) is 133 Å². The summed E-state index contributed by atoms with van der Waals surface area (Å²) in [5.41, 5.74) is 0.986. The standard InChI is InChI=1S/C29H46F2O/c1-4-6-7-8-10-28(32-3)29-26(30)19-25(20-27(29)31)24-17-15-23(16-18-24)22-13-11-21(9-5-2)12-14-22/h19-24,28H,4-18H2,1-3H3. The molecule has 2 aliphatic rings. The minimum absolute atomic E-state index is 0.130. The van der Waals surface area contributed by atoms with Crippen molar-refractivity contribution in [2.45, 2.75) is 122 Å². The predicted molar refractivity (Wildman–Crippen MR) is 130 cm³/mol. The third kappa shape index (κ3) is 6.78. The highest BCUT2D eigenvalue weighted by atomic mass is 19.1. The maximum atomic E-state index is 15.0. The van der Waals surface area contributed by atoms with Gasteiger partial charge in [0, 0.05) is 7.11 Å². The van der Waals surface area contributed by atoms with Crippen LogP contribution in [0, 0.1) is 29.4 Å². The lowest BCUT2D eigenvalue weighted by Crippen LogP contribution is -2.25. The van der Waals surface area contributed by atoms with Gasteiger partial charge in [0.25, 0.3) is 0 Å². The Morgan fingerprint density at radius 2 is 1.41 bits per heavy atom. The summed E-state index contributed by atoms with van der Waals surface area (Å²) in [6, 6.07) is 3.22. The maximum Gasteiger partial charge on any atom is 0.132 e. The molecule has 1 aromatic rings. The Labute approximate surface area is 195 Å². The normalized spacial score (nSPS) is 27.4. The van der Waals surface area contributed by atoms with Crippen molar-refractivity contribution in [1.29, 1.82) is 0 Å². The second-order valence-corrected chi connectivity index (χ2v) is 10.7. The van der Waals surface area contributed by atoms with Crippen LogP contribution < -0.4 is 0 Å². The molecule has 32 heavy (non-hydrogen) atoms. The Balaban J connectivity index is 1.55. The topological polar surface area (TPSA) is 9.23 Å². The van der Waals surface area contributed by atoms with Gasteiger partial charge in [0.1, 0.15) is 11.6 Å². The van der Waals surface area contributed by atoms with E-state index in [2.05, 4.69) is 13.8 Å². The van der Waals surface area contributed by atoms with Gasteiger partial charge in [-0.05, 0) is 86.3 Å². The molecule has 1 aromatic carbocycles. The van der Waals surface area contributed by atoms with Crippen molar-refractivity contribution in [2.75, 3.05) is 7.11 Å². The molecule has 3 heteroatoms. The van der Waals surface area contributed by atoms with Crippen LogP contribution in [0.2, 0.25) is 0 Å². The molecule has 0 aromatic heterocycles. The van der Waals surface area contributed by atoms with Crippen LogP contribution in [-0.2, 0) is 4.74 Å². The summed E-state index contributed by atoms with van der Waals surface area (Å²) in [5.74, 6) is 2.13. The minimum Gasteiger partial charge on any atom is -0.377 e. The van der Waals surface area contributed by atoms with Gasteiger partial charge in [-0.2, -0.15) is 0 Å². The molecule has 0 amide bonds. The van der Waals surface area contributed by atoms with E-state index in [-0.39, 0.29) is 5.56 Å². The Bertz CT molecular complexity index is 649. The summed E-state index contributed by atoms with van der Waals surface area (Å²) in [6.07, 6.45) is 17.4. The van der Waals surface area contributed by atoms with Gasteiger partial charge >= 0.3 is 0 Å². The van der Waals surface area contributed by atoms with Crippen molar-refractivity contribution in [2.24, 2.45) is 17.8 Å². The molecule has 0 spiro atoms. The molecule has 182 valence electrons. The van der Waals surface area contributed by atoms with Gasteiger partial charge < -0.3 is 4.74 Å². The number of hydrogen-bond acceptors (Lipinski definition) is 1. The number of benzene rings is 1. The van der Waals surface area contributed by atoms with E-state index in [1.807, 2.05) is 0 Å². The average molecular weight is 449 g/mol. The second-order valence-electron chi connectivity index (χ2n) is 10.7. The number of halogens is 2. The van der Waals surface area contributed by atoms with E-state index in [9.17, 15) is 0 Å². The van der Waals surface area contributed by atoms with Crippen LogP contribution in [0.25, 0.3) is 0 Å². The van der Waals surface area contributed by atoms with Gasteiger partial charge in [0.15, 0.2) is 0 Å². The summed E-state index contributed by atoms with van der Waals surface area (Å²) < 4.78 is 35.5. The number of hydrogen-bond donors (Lipinski definition) is 0. The lowest BCUT2D eigenvalue weighted by atomic mass is 9.68. The van der Waals surface area contributed by atoms with Crippen molar-refractivity contribution >= 4 is 0 Å². The molecule has 0 aliphatic heterocycles. The zero-order valence-electron chi connectivity index (χ0n) is 20.8. The fourth-order valence-corrected chi connectivity index (χ4v) is 6.56. The average Bonchev–Trinajstić information content (AvgIpc) is 2.81. The SMILES string of the molecule is CCCCCCC(OC)c1c(F)cc(C2CCC(C3CCC(CCC)CC3)CC2)cc1F. The summed E-state index contributed by atoms with van der Waals surface area (Å²) in [6.45, 7) is 4.46. The third-order valence-corrected chi connectivity index (χ3v) is 8.53. The maximum absolute atomic E-state index is 15.0. The summed E-state index contributed by atoms with van der Waals surface area (Å²) >= 11 is 0. The fraction of sp³-hybridized carbons (Fsp3) is 0.793. The lowest BCUT2D eigenvalue weighted by molar-refractivity contribution is 0.0865. The molecule has 2 fully saturated rings. The number of ether oxygens (including phenoxy) is 1. The van der Waals surface area contributed by atoms with Crippen LogP contribution in [0.3, 0.4) is 0 Å². The molecular weight excluding hydrogens is 402 g/mol. The highest BCUT2D eigenvalue weighted by molar-refractivity contribution is 5.30. The third-order valence-electron chi connectivity index (χ3n) is 8.53. The van der Waals surface area contributed by atoms with Gasteiger partial charge in [-0.1, -0.05) is 65.2 Å². The Hall–Kier alpha value is -0.960. The summed E-state index contributed by atoms with van der Waals surface area (Å²) in [7, 11) is 1.56. The van der Waals surface area contributed by atoms with E-state index in [1.54, 1.807) is 19.2 Å². The van der Waals surface area contributed by atoms with Crippen LogP contribution in [0.5, 0.6) is 0 Å². The lowest BCUT2D eigenvalue weighted by Gasteiger charge is -2.38. The van der Waals surface area contributed by atoms with E-state index in [4.69, 9.17) is 4.74 Å². The minimum atomic E-state index is -0.487. The van der Waals surface area contributed by atoms with Gasteiger partial charge in [-0.3, -0.25) is 0 Å². The number of methoxy groups -OCH3 is 1. The molecule has 1 atom stereocenters. The van der Waals surface area contributed by atoms with Crippen molar-refractivity contribution in [3.05, 3.63) is 34.9 Å². The fourth-order valence-electron chi connectivity index (χ4n) is 6.56. The van der Waals surface area contributed by atoms with Gasteiger partial charge in [0.05, 0.1) is 11.7 Å². The predicted octanol–water partition coefficient (Wildman–Crippen LogP) is 9.50. The van der Waals surface area contributed by atoms with Gasteiger partial charge in [0.2, 0.25) is 0 Å². The molecule has 3 rings (SSSR count). The Kier molecular flexibility index (Phi) is 10.5. The van der Waals surface area contributed by atoms with Crippen molar-refractivity contribution in [3.63, 3.8) is 0 Å². The molecule has 2 saturated carbocycles. The molecule has 2 aliphatic carbocycles. The highest BCUT2D eigenvalue weighted by Gasteiger charge is 2.32. The van der Waals surface area contributed by atoms with Crippen LogP contribution in [0.4, 0.5) is 8.78 Å². The largest absolute Gasteiger partial charge is 0.377 e. The van der Waals surface area contributed by atoms with E-state index >= 15 is 8.78 Å². The summed E-state index contributed by atoms with van der Waals surface area (Å²) in [5, 5.41) is 0. The molecule has 0 heterocycles. The first-order chi connectivity index (χ1) is 15.6. The van der Waals surface area contributed by atoms with Crippen molar-refractivity contribution in [1.82, 2.24) is 0 Å². The van der Waals surface area contributed by atoms with E-state index < -0.39 is 17.7 Å². The van der Waals surface area contributed by atoms with Gasteiger partial charge in [-0.15, -0.1) is 0 Å². The molecule has 0 saturated heterocycles. The van der Waals surface area contributed by atoms with E-state index in [0.29, 0.717) is 12.3 Å². The smallest absolute Gasteiger partial charge is 0.132 e. The molecule has 0 bridgehead atoms. The van der Waals surface area contributed by atoms with Crippen molar-refractivity contribution in [3.8, 4) is 0 Å².